The van der Waals surface area contributed by atoms with Gasteiger partial charge in [-0.25, -0.2) is 0 Å². The van der Waals surface area contributed by atoms with Crippen molar-refractivity contribution in [2.24, 2.45) is 0 Å². The third-order valence-electron chi connectivity index (χ3n) is 4.06. The van der Waals surface area contributed by atoms with E-state index in [1.165, 1.54) is 29.2 Å². The van der Waals surface area contributed by atoms with E-state index in [1.807, 2.05) is 14.1 Å². The predicted molar refractivity (Wildman–Crippen MR) is 110 cm³/mol. The van der Waals surface area contributed by atoms with Gasteiger partial charge in [0.1, 0.15) is 5.70 Å². The monoisotopic (exact) mass is 397 g/mol. The first-order chi connectivity index (χ1) is 13.9. The minimum Gasteiger partial charge on any atom is -0.351 e. The van der Waals surface area contributed by atoms with Crippen molar-refractivity contribution in [1.82, 2.24) is 10.6 Å². The molecule has 0 atom stereocenters. The highest BCUT2D eigenvalue weighted by Gasteiger charge is 2.15. The van der Waals surface area contributed by atoms with Gasteiger partial charge in [0.25, 0.3) is 17.5 Å². The van der Waals surface area contributed by atoms with E-state index in [9.17, 15) is 19.7 Å². The lowest BCUT2D eigenvalue weighted by atomic mass is 10.1. The Balaban J connectivity index is 2.22. The fraction of sp³-hybridized carbons (Fsp3) is 0.238. The molecular formula is C21H25N4O4+. The van der Waals surface area contributed by atoms with Crippen LogP contribution in [-0.2, 0) is 4.79 Å². The highest BCUT2D eigenvalue weighted by molar-refractivity contribution is 6.05. The van der Waals surface area contributed by atoms with Crippen LogP contribution in [0.15, 0.2) is 60.3 Å². The largest absolute Gasteiger partial charge is 0.351 e. The van der Waals surface area contributed by atoms with E-state index in [1.54, 1.807) is 36.4 Å². The average molecular weight is 397 g/mol. The van der Waals surface area contributed by atoms with Gasteiger partial charge in [0.15, 0.2) is 0 Å². The lowest BCUT2D eigenvalue weighted by Crippen LogP contribution is -3.05. The standard InChI is InChI=1S/C21H24N4O4/c1-24(2)13-7-12-22-21(27)19(23-20(26)17-9-4-3-5-10-17)15-16-8-6-11-18(14-16)25(28)29/h3-6,8-11,14-15H,7,12-13H2,1-2H3,(H,22,27)(H,23,26)/p+1/b19-15-. The summed E-state index contributed by atoms with van der Waals surface area (Å²) in [6.45, 7) is 1.35. The molecule has 8 heteroatoms. The molecule has 0 heterocycles. The van der Waals surface area contributed by atoms with E-state index in [2.05, 4.69) is 10.6 Å². The Morgan fingerprint density at radius 3 is 2.48 bits per heavy atom. The Morgan fingerprint density at radius 2 is 1.83 bits per heavy atom. The molecule has 29 heavy (non-hydrogen) atoms. The number of hydrogen-bond donors (Lipinski definition) is 3. The number of carbonyl (C=O) groups excluding carboxylic acids is 2. The lowest BCUT2D eigenvalue weighted by molar-refractivity contribution is -0.858. The van der Waals surface area contributed by atoms with Crippen LogP contribution in [0.4, 0.5) is 5.69 Å². The smallest absolute Gasteiger partial charge is 0.270 e. The summed E-state index contributed by atoms with van der Waals surface area (Å²) in [5.74, 6) is -0.885. The molecule has 0 fully saturated rings. The maximum Gasteiger partial charge on any atom is 0.270 e. The van der Waals surface area contributed by atoms with Crippen molar-refractivity contribution < 1.29 is 19.4 Å². The SMILES string of the molecule is C[NH+](C)CCCNC(=O)/C(=C/c1cccc([N+](=O)[O-])c1)NC(=O)c1ccccc1. The number of quaternary nitrogens is 1. The number of non-ortho nitro benzene ring substituents is 1. The number of nitrogens with zero attached hydrogens (tertiary/aromatic N) is 1. The minimum atomic E-state index is -0.511. The maximum atomic E-state index is 12.6. The van der Waals surface area contributed by atoms with Gasteiger partial charge in [-0.3, -0.25) is 19.7 Å². The normalized spacial score (nSPS) is 11.2. The average Bonchev–Trinajstić information content (AvgIpc) is 2.71. The molecule has 2 amide bonds. The van der Waals surface area contributed by atoms with Crippen molar-refractivity contribution in [3.05, 3.63) is 81.5 Å². The molecule has 2 aromatic rings. The molecule has 2 aromatic carbocycles. The summed E-state index contributed by atoms with van der Waals surface area (Å²) in [5.41, 5.74) is 0.773. The Kier molecular flexibility index (Phi) is 8.05. The predicted octanol–water partition coefficient (Wildman–Crippen LogP) is 1.02. The number of hydrogen-bond acceptors (Lipinski definition) is 4. The van der Waals surface area contributed by atoms with Gasteiger partial charge in [0.05, 0.1) is 25.6 Å². The first-order valence-electron chi connectivity index (χ1n) is 9.26. The summed E-state index contributed by atoms with van der Waals surface area (Å²) in [5, 5.41) is 16.4. The molecular weight excluding hydrogens is 372 g/mol. The van der Waals surface area contributed by atoms with Gasteiger partial charge in [-0.15, -0.1) is 0 Å². The maximum absolute atomic E-state index is 12.6. The molecule has 2 rings (SSSR count). The molecule has 0 unspecified atom stereocenters. The fourth-order valence-corrected chi connectivity index (χ4v) is 2.58. The van der Waals surface area contributed by atoms with Crippen molar-refractivity contribution in [3.8, 4) is 0 Å². The van der Waals surface area contributed by atoms with Gasteiger partial charge in [0, 0.05) is 30.7 Å². The number of amides is 2. The van der Waals surface area contributed by atoms with Crippen LogP contribution >= 0.6 is 0 Å². The highest BCUT2D eigenvalue weighted by atomic mass is 16.6. The zero-order valence-electron chi connectivity index (χ0n) is 16.5. The number of nitro groups is 1. The van der Waals surface area contributed by atoms with E-state index in [0.29, 0.717) is 17.7 Å². The molecule has 0 bridgehead atoms. The lowest BCUT2D eigenvalue weighted by Gasteiger charge is -2.12. The molecule has 0 radical (unpaired) electrons. The summed E-state index contributed by atoms with van der Waals surface area (Å²) in [4.78, 5) is 36.9. The fourth-order valence-electron chi connectivity index (χ4n) is 2.58. The summed E-state index contributed by atoms with van der Waals surface area (Å²) >= 11 is 0. The van der Waals surface area contributed by atoms with Crippen molar-refractivity contribution >= 4 is 23.6 Å². The summed E-state index contributed by atoms with van der Waals surface area (Å²) in [6.07, 6.45) is 2.21. The third kappa shape index (κ3) is 7.19. The van der Waals surface area contributed by atoms with Crippen LogP contribution in [0.1, 0.15) is 22.3 Å². The Morgan fingerprint density at radius 1 is 1.10 bits per heavy atom. The molecule has 0 aliphatic heterocycles. The number of rotatable bonds is 9. The van der Waals surface area contributed by atoms with Crippen LogP contribution in [-0.4, -0.2) is 43.9 Å². The number of nitrogens with one attached hydrogen (secondary N) is 3. The van der Waals surface area contributed by atoms with Crippen molar-refractivity contribution in [1.29, 1.82) is 0 Å². The van der Waals surface area contributed by atoms with Gasteiger partial charge in [-0.1, -0.05) is 30.3 Å². The molecule has 0 aliphatic carbocycles. The van der Waals surface area contributed by atoms with E-state index in [-0.39, 0.29) is 11.4 Å². The summed E-state index contributed by atoms with van der Waals surface area (Å²) in [6, 6.07) is 14.4. The third-order valence-corrected chi connectivity index (χ3v) is 4.06. The van der Waals surface area contributed by atoms with Crippen LogP contribution in [0.2, 0.25) is 0 Å². The Bertz CT molecular complexity index is 895. The molecule has 0 aliphatic rings. The Labute approximate surface area is 169 Å². The van der Waals surface area contributed by atoms with E-state index < -0.39 is 16.7 Å². The highest BCUT2D eigenvalue weighted by Crippen LogP contribution is 2.15. The van der Waals surface area contributed by atoms with Crippen molar-refractivity contribution in [2.75, 3.05) is 27.2 Å². The van der Waals surface area contributed by atoms with Crippen molar-refractivity contribution in [3.63, 3.8) is 0 Å². The van der Waals surface area contributed by atoms with Gasteiger partial charge >= 0.3 is 0 Å². The van der Waals surface area contributed by atoms with E-state index >= 15 is 0 Å². The molecule has 8 nitrogen and oxygen atoms in total. The van der Waals surface area contributed by atoms with Gasteiger partial charge in [-0.2, -0.15) is 0 Å². The molecule has 0 saturated carbocycles. The first-order valence-corrected chi connectivity index (χ1v) is 9.26. The van der Waals surface area contributed by atoms with E-state index in [0.717, 1.165) is 13.0 Å². The first kappa shape index (κ1) is 21.8. The second-order valence-electron chi connectivity index (χ2n) is 6.80. The number of benzene rings is 2. The van der Waals surface area contributed by atoms with Crippen LogP contribution in [0, 0.1) is 10.1 Å². The Hall–Kier alpha value is -3.52. The minimum absolute atomic E-state index is 0.0246. The van der Waals surface area contributed by atoms with Crippen LogP contribution in [0.3, 0.4) is 0 Å². The molecule has 0 saturated heterocycles. The second-order valence-corrected chi connectivity index (χ2v) is 6.80. The summed E-state index contributed by atoms with van der Waals surface area (Å²) < 4.78 is 0. The zero-order valence-corrected chi connectivity index (χ0v) is 16.5. The second kappa shape index (κ2) is 10.7. The topological polar surface area (TPSA) is 106 Å². The molecule has 152 valence electrons. The molecule has 3 N–H and O–H groups in total. The van der Waals surface area contributed by atoms with E-state index in [4.69, 9.17) is 0 Å². The van der Waals surface area contributed by atoms with Gasteiger partial charge in [0.2, 0.25) is 0 Å². The summed E-state index contributed by atoms with van der Waals surface area (Å²) in [7, 11) is 4.05. The van der Waals surface area contributed by atoms with Crippen molar-refractivity contribution in [2.45, 2.75) is 6.42 Å². The van der Waals surface area contributed by atoms with Crippen LogP contribution < -0.4 is 15.5 Å². The number of nitro benzene ring substituents is 1. The van der Waals surface area contributed by atoms with Crippen LogP contribution in [0.25, 0.3) is 6.08 Å². The van der Waals surface area contributed by atoms with Crippen LogP contribution in [0.5, 0.6) is 0 Å². The number of carbonyl (C=O) groups is 2. The quantitative estimate of drug-likeness (QED) is 0.254. The van der Waals surface area contributed by atoms with Gasteiger partial charge < -0.3 is 15.5 Å². The zero-order chi connectivity index (χ0) is 21.2. The molecule has 0 spiro atoms. The molecule has 0 aromatic heterocycles. The van der Waals surface area contributed by atoms with Gasteiger partial charge in [-0.05, 0) is 23.8 Å².